The molecular formula is C17H18N4. The van der Waals surface area contributed by atoms with Crippen LogP contribution in [0.15, 0.2) is 67.3 Å². The lowest BCUT2D eigenvalue weighted by Crippen LogP contribution is -2.16. The molecule has 2 heterocycles. The average molecular weight is 278 g/mol. The summed E-state index contributed by atoms with van der Waals surface area (Å²) >= 11 is 0. The summed E-state index contributed by atoms with van der Waals surface area (Å²) in [5, 5.41) is 4.43. The minimum atomic E-state index is 0.870. The smallest absolute Gasteiger partial charge is 0.0645 e. The average Bonchev–Trinajstić information content (AvgIpc) is 2.97. The van der Waals surface area contributed by atoms with Gasteiger partial charge in [-0.1, -0.05) is 18.2 Å². The molecule has 0 N–H and O–H groups in total. The van der Waals surface area contributed by atoms with Crippen LogP contribution in [0.5, 0.6) is 0 Å². The molecule has 3 rings (SSSR count). The van der Waals surface area contributed by atoms with Crippen molar-refractivity contribution in [3.8, 4) is 5.69 Å². The fraction of sp³-hybridized carbons (Fsp3) is 0.176. The highest BCUT2D eigenvalue weighted by Crippen LogP contribution is 2.10. The van der Waals surface area contributed by atoms with Gasteiger partial charge in [0.1, 0.15) is 0 Å². The van der Waals surface area contributed by atoms with Crippen molar-refractivity contribution in [1.82, 2.24) is 19.7 Å². The Morgan fingerprint density at radius 1 is 0.952 bits per heavy atom. The topological polar surface area (TPSA) is 34.0 Å². The van der Waals surface area contributed by atoms with Crippen LogP contribution in [0.2, 0.25) is 0 Å². The van der Waals surface area contributed by atoms with Crippen molar-refractivity contribution < 1.29 is 0 Å². The zero-order chi connectivity index (χ0) is 14.5. The van der Waals surface area contributed by atoms with Gasteiger partial charge in [0.05, 0.1) is 11.9 Å². The van der Waals surface area contributed by atoms with E-state index in [4.69, 9.17) is 0 Å². The predicted octanol–water partition coefficient (Wildman–Crippen LogP) is 2.90. The van der Waals surface area contributed by atoms with Gasteiger partial charge in [0.25, 0.3) is 0 Å². The van der Waals surface area contributed by atoms with E-state index in [1.165, 1.54) is 11.1 Å². The summed E-state index contributed by atoms with van der Waals surface area (Å²) in [4.78, 5) is 6.31. The minimum absolute atomic E-state index is 0.870. The summed E-state index contributed by atoms with van der Waals surface area (Å²) in [6, 6.07) is 14.2. The van der Waals surface area contributed by atoms with Crippen LogP contribution in [0.4, 0.5) is 0 Å². The van der Waals surface area contributed by atoms with Crippen LogP contribution >= 0.6 is 0 Å². The lowest BCUT2D eigenvalue weighted by Gasteiger charge is -2.15. The minimum Gasteiger partial charge on any atom is -0.298 e. The van der Waals surface area contributed by atoms with Gasteiger partial charge in [-0.25, -0.2) is 4.68 Å². The van der Waals surface area contributed by atoms with E-state index >= 15 is 0 Å². The molecule has 2 aromatic heterocycles. The van der Waals surface area contributed by atoms with E-state index in [1.807, 2.05) is 53.6 Å². The third-order valence-electron chi connectivity index (χ3n) is 3.31. The molecule has 0 radical (unpaired) electrons. The maximum atomic E-state index is 4.43. The Morgan fingerprint density at radius 2 is 1.67 bits per heavy atom. The van der Waals surface area contributed by atoms with Crippen LogP contribution in [-0.2, 0) is 13.1 Å². The third-order valence-corrected chi connectivity index (χ3v) is 3.31. The van der Waals surface area contributed by atoms with Gasteiger partial charge < -0.3 is 0 Å². The Labute approximate surface area is 124 Å². The first-order valence-electron chi connectivity index (χ1n) is 6.98. The second-order valence-electron chi connectivity index (χ2n) is 5.16. The molecule has 106 valence electrons. The number of pyridine rings is 1. The van der Waals surface area contributed by atoms with Gasteiger partial charge in [-0.05, 0) is 36.9 Å². The van der Waals surface area contributed by atoms with Crippen molar-refractivity contribution in [2.24, 2.45) is 0 Å². The molecule has 4 nitrogen and oxygen atoms in total. The number of para-hydroxylation sites is 1. The maximum absolute atomic E-state index is 4.43. The second-order valence-corrected chi connectivity index (χ2v) is 5.16. The molecule has 0 aliphatic heterocycles. The highest BCUT2D eigenvalue weighted by atomic mass is 15.3. The second kappa shape index (κ2) is 6.33. The predicted molar refractivity (Wildman–Crippen MR) is 83.0 cm³/mol. The van der Waals surface area contributed by atoms with E-state index < -0.39 is 0 Å². The summed E-state index contributed by atoms with van der Waals surface area (Å²) in [5.41, 5.74) is 3.55. The molecule has 0 saturated heterocycles. The van der Waals surface area contributed by atoms with Crippen molar-refractivity contribution in [2.75, 3.05) is 7.05 Å². The van der Waals surface area contributed by atoms with E-state index in [0.29, 0.717) is 0 Å². The zero-order valence-electron chi connectivity index (χ0n) is 12.1. The van der Waals surface area contributed by atoms with Crippen molar-refractivity contribution in [2.45, 2.75) is 13.1 Å². The molecule has 0 aliphatic carbocycles. The SMILES string of the molecule is CN(Cc1ccncc1)Cc1cnn(-c2ccccc2)c1. The molecule has 0 atom stereocenters. The van der Waals surface area contributed by atoms with Gasteiger partial charge in [-0.2, -0.15) is 5.10 Å². The molecule has 0 saturated carbocycles. The van der Waals surface area contributed by atoms with E-state index in [1.54, 1.807) is 0 Å². The van der Waals surface area contributed by atoms with E-state index in [0.717, 1.165) is 18.8 Å². The molecule has 0 aliphatic rings. The lowest BCUT2D eigenvalue weighted by atomic mass is 10.2. The van der Waals surface area contributed by atoms with E-state index in [9.17, 15) is 0 Å². The largest absolute Gasteiger partial charge is 0.298 e. The summed E-state index contributed by atoms with van der Waals surface area (Å²) in [6.45, 7) is 1.77. The Kier molecular flexibility index (Phi) is 4.07. The van der Waals surface area contributed by atoms with Crippen LogP contribution in [0.1, 0.15) is 11.1 Å². The summed E-state index contributed by atoms with van der Waals surface area (Å²) in [6.07, 6.45) is 7.67. The number of hydrogen-bond acceptors (Lipinski definition) is 3. The Hall–Kier alpha value is -2.46. The maximum Gasteiger partial charge on any atom is 0.0645 e. The molecule has 0 amide bonds. The highest BCUT2D eigenvalue weighted by Gasteiger charge is 2.05. The molecule has 4 heteroatoms. The highest BCUT2D eigenvalue weighted by molar-refractivity contribution is 5.30. The van der Waals surface area contributed by atoms with Crippen molar-refractivity contribution in [1.29, 1.82) is 0 Å². The quantitative estimate of drug-likeness (QED) is 0.719. The van der Waals surface area contributed by atoms with E-state index in [-0.39, 0.29) is 0 Å². The van der Waals surface area contributed by atoms with Gasteiger partial charge in [-0.15, -0.1) is 0 Å². The van der Waals surface area contributed by atoms with Crippen molar-refractivity contribution >= 4 is 0 Å². The number of rotatable bonds is 5. The summed E-state index contributed by atoms with van der Waals surface area (Å²) in [5.74, 6) is 0. The van der Waals surface area contributed by atoms with Gasteiger partial charge in [0.15, 0.2) is 0 Å². The number of nitrogens with zero attached hydrogens (tertiary/aromatic N) is 4. The van der Waals surface area contributed by atoms with Crippen molar-refractivity contribution in [3.63, 3.8) is 0 Å². The molecule has 21 heavy (non-hydrogen) atoms. The fourth-order valence-electron chi connectivity index (χ4n) is 2.33. The normalized spacial score (nSPS) is 11.0. The van der Waals surface area contributed by atoms with E-state index in [2.05, 4.69) is 40.4 Å². The Balaban J connectivity index is 1.65. The van der Waals surface area contributed by atoms with Crippen LogP contribution < -0.4 is 0 Å². The standard InChI is InChI=1S/C17H18N4/c1-20(12-15-7-9-18-10-8-15)13-16-11-19-21(14-16)17-5-3-2-4-6-17/h2-11,14H,12-13H2,1H3. The Morgan fingerprint density at radius 3 is 2.43 bits per heavy atom. The number of benzene rings is 1. The van der Waals surface area contributed by atoms with Gasteiger partial charge in [0.2, 0.25) is 0 Å². The monoisotopic (exact) mass is 278 g/mol. The van der Waals surface area contributed by atoms with Gasteiger partial charge >= 0.3 is 0 Å². The molecule has 0 bridgehead atoms. The van der Waals surface area contributed by atoms with Crippen LogP contribution in [0.3, 0.4) is 0 Å². The number of hydrogen-bond donors (Lipinski definition) is 0. The van der Waals surface area contributed by atoms with Gasteiger partial charge in [-0.3, -0.25) is 9.88 Å². The fourth-order valence-corrected chi connectivity index (χ4v) is 2.33. The molecule has 0 unspecified atom stereocenters. The number of aromatic nitrogens is 3. The molecule has 3 aromatic rings. The van der Waals surface area contributed by atoms with Gasteiger partial charge in [0, 0.05) is 37.2 Å². The van der Waals surface area contributed by atoms with Crippen LogP contribution in [0, 0.1) is 0 Å². The first kappa shape index (κ1) is 13.5. The third kappa shape index (κ3) is 3.55. The lowest BCUT2D eigenvalue weighted by molar-refractivity contribution is 0.319. The zero-order valence-corrected chi connectivity index (χ0v) is 12.1. The first-order chi connectivity index (χ1) is 10.3. The van der Waals surface area contributed by atoms with Crippen LogP contribution in [-0.4, -0.2) is 26.7 Å². The molecule has 0 spiro atoms. The first-order valence-corrected chi connectivity index (χ1v) is 6.98. The summed E-state index contributed by atoms with van der Waals surface area (Å²) in [7, 11) is 2.11. The molecule has 0 fully saturated rings. The Bertz CT molecular complexity index is 676. The summed E-state index contributed by atoms with van der Waals surface area (Å²) < 4.78 is 1.91. The molecular weight excluding hydrogens is 260 g/mol. The molecule has 1 aromatic carbocycles. The van der Waals surface area contributed by atoms with Crippen molar-refractivity contribution in [3.05, 3.63) is 78.4 Å². The van der Waals surface area contributed by atoms with Crippen LogP contribution in [0.25, 0.3) is 5.69 Å².